The predicted octanol–water partition coefficient (Wildman–Crippen LogP) is 3.18. The van der Waals surface area contributed by atoms with E-state index in [1.165, 1.54) is 0 Å². The van der Waals surface area contributed by atoms with Crippen molar-refractivity contribution in [2.75, 3.05) is 39.5 Å². The first-order valence-electron chi connectivity index (χ1n) is 11.8. The van der Waals surface area contributed by atoms with Crippen molar-refractivity contribution in [3.63, 3.8) is 0 Å². The number of nitrogens with one attached hydrogen (secondary N) is 1. The third-order valence-corrected chi connectivity index (χ3v) is 6.39. The lowest BCUT2D eigenvalue weighted by Crippen LogP contribution is -2.48. The Kier molecular flexibility index (Phi) is 7.93. The molecule has 2 aromatic rings. The second-order valence-corrected chi connectivity index (χ2v) is 8.62. The monoisotopic (exact) mass is 457 g/mol. The number of alkyl carbamates (subject to hydrolysis) is 1. The molecule has 1 aromatic carbocycles. The zero-order valence-corrected chi connectivity index (χ0v) is 18.8. The van der Waals surface area contributed by atoms with Gasteiger partial charge in [-0.15, -0.1) is 0 Å². The molecule has 9 heteroatoms. The van der Waals surface area contributed by atoms with Crippen LogP contribution in [-0.4, -0.2) is 67.1 Å². The van der Waals surface area contributed by atoms with Crippen LogP contribution >= 0.6 is 0 Å². The van der Waals surface area contributed by atoms with Gasteiger partial charge in [0.25, 0.3) is 5.89 Å². The first kappa shape index (κ1) is 23.2. The number of rotatable bonds is 9. The molecule has 1 saturated carbocycles. The molecule has 33 heavy (non-hydrogen) atoms. The molecular formula is C24H31N3O6. The maximum atomic E-state index is 13.1. The molecule has 1 aromatic heterocycles. The second kappa shape index (κ2) is 11.3. The molecule has 1 aliphatic heterocycles. The van der Waals surface area contributed by atoms with E-state index in [9.17, 15) is 14.4 Å². The van der Waals surface area contributed by atoms with Gasteiger partial charge in [0.2, 0.25) is 11.7 Å². The van der Waals surface area contributed by atoms with Gasteiger partial charge in [-0.3, -0.25) is 9.59 Å². The molecule has 0 radical (unpaired) electrons. The standard InChI is InChI=1S/C24H31N3O6/c28-20(22-26-19-8-3-4-10-21(19)33-22)9-5-13-32-24(30)25-16-18(17-6-1-2-7-17)23(29)27-11-14-31-15-12-27/h3-4,8,10,17-18H,1-2,5-7,9,11-16H2,(H,25,30). The van der Waals surface area contributed by atoms with Gasteiger partial charge in [0.15, 0.2) is 5.58 Å². The zero-order chi connectivity index (χ0) is 23.0. The third-order valence-electron chi connectivity index (χ3n) is 6.39. The summed E-state index contributed by atoms with van der Waals surface area (Å²) in [7, 11) is 0. The van der Waals surface area contributed by atoms with Crippen LogP contribution in [0.2, 0.25) is 0 Å². The average molecular weight is 458 g/mol. The molecule has 1 aliphatic carbocycles. The molecule has 2 aliphatic rings. The van der Waals surface area contributed by atoms with E-state index >= 15 is 0 Å². The molecule has 178 valence electrons. The number of fused-ring (bicyclic) bond motifs is 1. The lowest BCUT2D eigenvalue weighted by molar-refractivity contribution is -0.141. The van der Waals surface area contributed by atoms with E-state index in [-0.39, 0.29) is 49.0 Å². The number of nitrogens with zero attached hydrogens (tertiary/aromatic N) is 2. The Morgan fingerprint density at radius 1 is 1.15 bits per heavy atom. The highest BCUT2D eigenvalue weighted by Gasteiger charge is 2.34. The quantitative estimate of drug-likeness (QED) is 0.455. The van der Waals surface area contributed by atoms with E-state index < -0.39 is 6.09 Å². The molecule has 4 rings (SSSR count). The summed E-state index contributed by atoms with van der Waals surface area (Å²) < 4.78 is 16.0. The molecule has 1 N–H and O–H groups in total. The van der Waals surface area contributed by atoms with Crippen molar-refractivity contribution in [1.82, 2.24) is 15.2 Å². The molecule has 0 bridgehead atoms. The lowest BCUT2D eigenvalue weighted by atomic mass is 9.89. The number of morpholine rings is 1. The minimum absolute atomic E-state index is 0.0710. The second-order valence-electron chi connectivity index (χ2n) is 8.62. The molecule has 1 atom stereocenters. The number of amides is 2. The van der Waals surface area contributed by atoms with Crippen molar-refractivity contribution in [3.8, 4) is 0 Å². The van der Waals surface area contributed by atoms with Crippen molar-refractivity contribution < 1.29 is 28.3 Å². The fourth-order valence-electron chi connectivity index (χ4n) is 4.57. The van der Waals surface area contributed by atoms with Gasteiger partial charge in [-0.25, -0.2) is 9.78 Å². The van der Waals surface area contributed by atoms with Crippen molar-refractivity contribution in [2.24, 2.45) is 11.8 Å². The average Bonchev–Trinajstić information content (AvgIpc) is 3.52. The van der Waals surface area contributed by atoms with Gasteiger partial charge >= 0.3 is 6.09 Å². The molecule has 0 spiro atoms. The highest BCUT2D eigenvalue weighted by molar-refractivity contribution is 5.94. The van der Waals surface area contributed by atoms with Crippen molar-refractivity contribution in [2.45, 2.75) is 38.5 Å². The van der Waals surface area contributed by atoms with Crippen LogP contribution in [0.25, 0.3) is 11.1 Å². The Hall–Kier alpha value is -2.94. The highest BCUT2D eigenvalue weighted by atomic mass is 16.5. The van der Waals surface area contributed by atoms with E-state index in [1.807, 2.05) is 17.0 Å². The number of oxazole rings is 1. The van der Waals surface area contributed by atoms with Crippen LogP contribution in [0.3, 0.4) is 0 Å². The summed E-state index contributed by atoms with van der Waals surface area (Å²) in [5, 5.41) is 2.76. The third kappa shape index (κ3) is 6.10. The Bertz CT molecular complexity index is 929. The van der Waals surface area contributed by atoms with Crippen molar-refractivity contribution in [3.05, 3.63) is 30.2 Å². The zero-order valence-electron chi connectivity index (χ0n) is 18.8. The van der Waals surface area contributed by atoms with Gasteiger partial charge in [0.1, 0.15) is 5.52 Å². The number of carbonyl (C=O) groups excluding carboxylic acids is 3. The first-order valence-corrected chi connectivity index (χ1v) is 11.8. The molecule has 9 nitrogen and oxygen atoms in total. The largest absolute Gasteiger partial charge is 0.450 e. The van der Waals surface area contributed by atoms with Crippen LogP contribution in [0, 0.1) is 11.8 Å². The van der Waals surface area contributed by atoms with Crippen LogP contribution in [0.15, 0.2) is 28.7 Å². The SMILES string of the molecule is O=C(NCC(C(=O)N1CCOCC1)C1CCCC1)OCCCC(=O)c1nc2ccccc2o1. The summed E-state index contributed by atoms with van der Waals surface area (Å²) in [6.45, 7) is 2.67. The fourth-order valence-corrected chi connectivity index (χ4v) is 4.57. The Morgan fingerprint density at radius 2 is 1.91 bits per heavy atom. The Labute approximate surface area is 192 Å². The molecule has 2 heterocycles. The van der Waals surface area contributed by atoms with E-state index in [4.69, 9.17) is 13.9 Å². The number of aromatic nitrogens is 1. The summed E-state index contributed by atoms with van der Waals surface area (Å²) >= 11 is 0. The number of Topliss-reactive ketones (excluding diaryl/α,β-unsaturated/α-hetero) is 1. The number of hydrogen-bond donors (Lipinski definition) is 1. The van der Waals surface area contributed by atoms with E-state index in [0.29, 0.717) is 43.8 Å². The normalized spacial score (nSPS) is 17.8. The summed E-state index contributed by atoms with van der Waals surface area (Å²) in [5.41, 5.74) is 1.21. The van der Waals surface area contributed by atoms with Crippen LogP contribution in [0.5, 0.6) is 0 Å². The smallest absolute Gasteiger partial charge is 0.407 e. The summed E-state index contributed by atoms with van der Waals surface area (Å²) in [5.74, 6) is -0.0165. The van der Waals surface area contributed by atoms with Crippen molar-refractivity contribution >= 4 is 28.9 Å². The minimum Gasteiger partial charge on any atom is -0.450 e. The lowest BCUT2D eigenvalue weighted by Gasteiger charge is -2.32. The number of carbonyl (C=O) groups is 3. The maximum absolute atomic E-state index is 13.1. The Balaban J connectivity index is 1.20. The summed E-state index contributed by atoms with van der Waals surface area (Å²) in [4.78, 5) is 43.6. The van der Waals surface area contributed by atoms with E-state index in [0.717, 1.165) is 25.7 Å². The van der Waals surface area contributed by atoms with E-state index in [1.54, 1.807) is 12.1 Å². The summed E-state index contributed by atoms with van der Waals surface area (Å²) in [6.07, 6.45) is 4.23. The van der Waals surface area contributed by atoms with Gasteiger partial charge < -0.3 is 24.1 Å². The predicted molar refractivity (Wildman–Crippen MR) is 120 cm³/mol. The van der Waals surface area contributed by atoms with Gasteiger partial charge in [0, 0.05) is 26.1 Å². The van der Waals surface area contributed by atoms with Crippen LogP contribution in [-0.2, 0) is 14.3 Å². The number of ketones is 1. The molecular weight excluding hydrogens is 426 g/mol. The van der Waals surface area contributed by atoms with Crippen LogP contribution < -0.4 is 5.32 Å². The topological polar surface area (TPSA) is 111 Å². The molecule has 2 amide bonds. The number of hydrogen-bond acceptors (Lipinski definition) is 7. The summed E-state index contributed by atoms with van der Waals surface area (Å²) in [6, 6.07) is 7.19. The van der Waals surface area contributed by atoms with E-state index in [2.05, 4.69) is 10.3 Å². The molecule has 1 unspecified atom stereocenters. The van der Waals surface area contributed by atoms with Gasteiger partial charge in [-0.1, -0.05) is 25.0 Å². The van der Waals surface area contributed by atoms with Crippen LogP contribution in [0.4, 0.5) is 4.79 Å². The maximum Gasteiger partial charge on any atom is 0.407 e. The highest BCUT2D eigenvalue weighted by Crippen LogP contribution is 2.32. The number of para-hydroxylation sites is 2. The van der Waals surface area contributed by atoms with Gasteiger partial charge in [-0.05, 0) is 37.3 Å². The van der Waals surface area contributed by atoms with Gasteiger partial charge in [-0.2, -0.15) is 0 Å². The van der Waals surface area contributed by atoms with Crippen LogP contribution in [0.1, 0.15) is 49.2 Å². The molecule has 1 saturated heterocycles. The Morgan fingerprint density at radius 3 is 2.67 bits per heavy atom. The fraction of sp³-hybridized carbons (Fsp3) is 0.583. The van der Waals surface area contributed by atoms with Crippen molar-refractivity contribution in [1.29, 1.82) is 0 Å². The number of ether oxygens (including phenoxy) is 2. The first-order chi connectivity index (χ1) is 16.1. The van der Waals surface area contributed by atoms with Gasteiger partial charge in [0.05, 0.1) is 25.7 Å². The number of benzene rings is 1. The minimum atomic E-state index is -0.568. The molecule has 2 fully saturated rings.